The zero-order chi connectivity index (χ0) is 25.4. The fourth-order valence-corrected chi connectivity index (χ4v) is 4.12. The number of ether oxygens (including phenoxy) is 1. The van der Waals surface area contributed by atoms with Crippen LogP contribution in [0.25, 0.3) is 0 Å². The molecule has 1 amide bonds. The average Bonchev–Trinajstić information content (AvgIpc) is 2.83. The minimum absolute atomic E-state index is 0. The molecule has 0 bridgehead atoms. The van der Waals surface area contributed by atoms with E-state index in [1.807, 2.05) is 6.07 Å². The van der Waals surface area contributed by atoms with Crippen LogP contribution in [-0.2, 0) is 15.7 Å². The van der Waals surface area contributed by atoms with Crippen molar-refractivity contribution in [3.8, 4) is 6.07 Å². The zero-order valence-corrected chi connectivity index (χ0v) is 19.9. The first-order valence-electron chi connectivity index (χ1n) is 10.9. The molecule has 1 aromatic heterocycles. The largest absolute Gasteiger partial charge is 0.416 e. The molecule has 196 valence electrons. The molecule has 4 N–H and O–H groups in total. The van der Waals surface area contributed by atoms with Crippen LogP contribution in [0.3, 0.4) is 0 Å². The number of benzene rings is 1. The van der Waals surface area contributed by atoms with Crippen molar-refractivity contribution in [2.45, 2.75) is 37.5 Å². The lowest BCUT2D eigenvalue weighted by molar-refractivity contribution is -0.137. The Morgan fingerprint density at radius 1 is 1.33 bits per heavy atom. The predicted molar refractivity (Wildman–Crippen MR) is 134 cm³/mol. The van der Waals surface area contributed by atoms with Crippen LogP contribution in [0.1, 0.15) is 31.4 Å². The van der Waals surface area contributed by atoms with E-state index in [0.717, 1.165) is 25.2 Å². The third-order valence-corrected chi connectivity index (χ3v) is 6.04. The number of nitriles is 1. The van der Waals surface area contributed by atoms with E-state index in [9.17, 15) is 23.2 Å². The van der Waals surface area contributed by atoms with Crippen LogP contribution in [0.2, 0.25) is 0 Å². The highest BCUT2D eigenvalue weighted by Crippen LogP contribution is 2.31. The Balaban J connectivity index is 0.00000456. The lowest BCUT2D eigenvalue weighted by Gasteiger charge is -2.27. The van der Waals surface area contributed by atoms with Crippen molar-refractivity contribution in [1.82, 2.24) is 14.9 Å². The van der Waals surface area contributed by atoms with Crippen LogP contribution in [0.4, 0.5) is 30.6 Å². The summed E-state index contributed by atoms with van der Waals surface area (Å²) in [6, 6.07) is 5.55. The number of hydrogen-bond acceptors (Lipinski definition) is 9. The number of nitrogen functional groups attached to an aromatic ring is 1. The van der Waals surface area contributed by atoms with Gasteiger partial charge in [-0.1, -0.05) is 13.5 Å². The molecular formula is C23H30F3N7O2S. The van der Waals surface area contributed by atoms with E-state index in [1.54, 1.807) is 6.26 Å². The summed E-state index contributed by atoms with van der Waals surface area (Å²) in [5.74, 6) is -0.529. The maximum Gasteiger partial charge on any atom is 0.416 e. The summed E-state index contributed by atoms with van der Waals surface area (Å²) in [4.78, 5) is 23.5. The Labute approximate surface area is 212 Å². The molecule has 1 aliphatic rings. The van der Waals surface area contributed by atoms with Gasteiger partial charge in [0.15, 0.2) is 5.82 Å². The first-order chi connectivity index (χ1) is 16.7. The fraction of sp³-hybridized carbons (Fsp3) is 0.478. The van der Waals surface area contributed by atoms with Crippen LogP contribution in [0, 0.1) is 11.3 Å². The number of amides is 1. The highest BCUT2D eigenvalue weighted by molar-refractivity contribution is 7.98. The third-order valence-electron chi connectivity index (χ3n) is 5.35. The Bertz CT molecular complexity index is 1070. The van der Waals surface area contributed by atoms with E-state index >= 15 is 0 Å². The van der Waals surface area contributed by atoms with Gasteiger partial charge in [-0.05, 0) is 43.8 Å². The zero-order valence-electron chi connectivity index (χ0n) is 19.1. The van der Waals surface area contributed by atoms with Crippen molar-refractivity contribution >= 4 is 35.1 Å². The van der Waals surface area contributed by atoms with Crippen LogP contribution >= 0.6 is 11.8 Å². The van der Waals surface area contributed by atoms with E-state index in [4.69, 9.17) is 10.5 Å². The molecule has 1 atom stereocenters. The standard InChI is InChI=1S/C22H26F3N7O2S.CH4/c1-35-20-16(13-26)18(30-21(27)31-20)29-17(6-3-7-32-8-10-34-11-9-32)19(33)28-15-5-2-4-14(12-15)22(23,24)25;/h2,4-5,12,17H,3,6-11H2,1H3,(H,28,33)(H3,27,29,30,31);1H4/t17-;/m0./s1. The molecule has 13 heteroatoms. The van der Waals surface area contributed by atoms with E-state index in [-0.39, 0.29) is 30.4 Å². The SMILES string of the molecule is C.CSc1nc(N)nc(N[C@@H](CCCN2CCOCC2)C(=O)Nc2cccc(C(F)(F)F)c2)c1C#N. The van der Waals surface area contributed by atoms with Gasteiger partial charge in [0.05, 0.1) is 18.8 Å². The lowest BCUT2D eigenvalue weighted by Crippen LogP contribution is -2.39. The molecule has 2 aromatic rings. The lowest BCUT2D eigenvalue weighted by atomic mass is 10.1. The number of morpholine rings is 1. The molecule has 36 heavy (non-hydrogen) atoms. The van der Waals surface area contributed by atoms with E-state index in [2.05, 4.69) is 25.5 Å². The predicted octanol–water partition coefficient (Wildman–Crippen LogP) is 3.84. The Morgan fingerprint density at radius 3 is 2.69 bits per heavy atom. The summed E-state index contributed by atoms with van der Waals surface area (Å²) in [5, 5.41) is 15.5. The van der Waals surface area contributed by atoms with Crippen molar-refractivity contribution in [2.75, 3.05) is 55.5 Å². The van der Waals surface area contributed by atoms with Gasteiger partial charge in [0, 0.05) is 18.8 Å². The number of thioether (sulfide) groups is 1. The second-order valence-electron chi connectivity index (χ2n) is 7.79. The van der Waals surface area contributed by atoms with E-state index in [1.165, 1.54) is 23.9 Å². The highest BCUT2D eigenvalue weighted by Gasteiger charge is 2.31. The first-order valence-corrected chi connectivity index (χ1v) is 12.1. The fourth-order valence-electron chi connectivity index (χ4n) is 3.59. The van der Waals surface area contributed by atoms with Crippen molar-refractivity contribution in [1.29, 1.82) is 5.26 Å². The molecule has 1 saturated heterocycles. The number of rotatable bonds is 9. The summed E-state index contributed by atoms with van der Waals surface area (Å²) in [6.07, 6.45) is -1.85. The molecule has 0 radical (unpaired) electrons. The minimum Gasteiger partial charge on any atom is -0.379 e. The summed E-state index contributed by atoms with van der Waals surface area (Å²) < 4.78 is 44.6. The van der Waals surface area contributed by atoms with Gasteiger partial charge in [0.1, 0.15) is 22.7 Å². The van der Waals surface area contributed by atoms with Gasteiger partial charge < -0.3 is 21.1 Å². The highest BCUT2D eigenvalue weighted by atomic mass is 32.2. The molecule has 1 aromatic carbocycles. The van der Waals surface area contributed by atoms with Crippen molar-refractivity contribution in [2.24, 2.45) is 0 Å². The van der Waals surface area contributed by atoms with Crippen molar-refractivity contribution < 1.29 is 22.7 Å². The Morgan fingerprint density at radius 2 is 2.06 bits per heavy atom. The molecule has 9 nitrogen and oxygen atoms in total. The maximum absolute atomic E-state index is 13.1. The topological polar surface area (TPSA) is 129 Å². The van der Waals surface area contributed by atoms with E-state index < -0.39 is 23.7 Å². The number of anilines is 3. The second kappa shape index (κ2) is 13.3. The smallest absolute Gasteiger partial charge is 0.379 e. The number of halogens is 3. The van der Waals surface area contributed by atoms with Crippen molar-refractivity contribution in [3.63, 3.8) is 0 Å². The number of carbonyl (C=O) groups is 1. The van der Waals surface area contributed by atoms with E-state index in [0.29, 0.717) is 37.6 Å². The second-order valence-corrected chi connectivity index (χ2v) is 8.58. The Hall–Kier alpha value is -3.08. The van der Waals surface area contributed by atoms with Gasteiger partial charge >= 0.3 is 6.18 Å². The van der Waals surface area contributed by atoms with Gasteiger partial charge in [-0.3, -0.25) is 9.69 Å². The summed E-state index contributed by atoms with van der Waals surface area (Å²) in [5.41, 5.74) is 5.06. The van der Waals surface area contributed by atoms with Gasteiger partial charge in [-0.2, -0.15) is 23.4 Å². The molecule has 0 unspecified atom stereocenters. The van der Waals surface area contributed by atoms with Crippen molar-refractivity contribution in [3.05, 3.63) is 35.4 Å². The quantitative estimate of drug-likeness (QED) is 0.330. The molecule has 1 aliphatic heterocycles. The van der Waals surface area contributed by atoms with Gasteiger partial charge in [0.25, 0.3) is 0 Å². The summed E-state index contributed by atoms with van der Waals surface area (Å²) >= 11 is 1.21. The van der Waals surface area contributed by atoms with Gasteiger partial charge in [0.2, 0.25) is 11.9 Å². The number of nitrogens with one attached hydrogen (secondary N) is 2. The average molecular weight is 526 g/mol. The monoisotopic (exact) mass is 525 g/mol. The summed E-state index contributed by atoms with van der Waals surface area (Å²) in [6.45, 7) is 3.56. The van der Waals surface area contributed by atoms with Gasteiger partial charge in [-0.25, -0.2) is 4.98 Å². The number of hydrogen-bond donors (Lipinski definition) is 3. The number of carbonyl (C=O) groups excluding carboxylic acids is 1. The summed E-state index contributed by atoms with van der Waals surface area (Å²) in [7, 11) is 0. The number of nitrogens with zero attached hydrogens (tertiary/aromatic N) is 4. The Kier molecular flexibility index (Phi) is 10.8. The molecule has 1 fully saturated rings. The first kappa shape index (κ1) is 29.2. The minimum atomic E-state index is -4.54. The molecular weight excluding hydrogens is 495 g/mol. The number of nitrogens with two attached hydrogens (primary N) is 1. The molecule has 0 spiro atoms. The normalized spacial score (nSPS) is 14.9. The third kappa shape index (κ3) is 7.97. The molecule has 0 aliphatic carbocycles. The molecule has 0 saturated carbocycles. The molecule has 2 heterocycles. The molecule has 3 rings (SSSR count). The van der Waals surface area contributed by atoms with Crippen LogP contribution in [-0.4, -0.2) is 65.9 Å². The van der Waals surface area contributed by atoms with Gasteiger partial charge in [-0.15, -0.1) is 11.8 Å². The van der Waals surface area contributed by atoms with Crippen LogP contribution in [0.15, 0.2) is 29.3 Å². The van der Waals surface area contributed by atoms with Crippen LogP contribution < -0.4 is 16.4 Å². The number of aromatic nitrogens is 2. The number of alkyl halides is 3. The van der Waals surface area contributed by atoms with Crippen LogP contribution in [0.5, 0.6) is 0 Å². The maximum atomic E-state index is 13.1.